The lowest BCUT2D eigenvalue weighted by Crippen LogP contribution is -2.11. The van der Waals surface area contributed by atoms with Crippen molar-refractivity contribution in [3.05, 3.63) is 81.9 Å². The van der Waals surface area contributed by atoms with E-state index in [-0.39, 0.29) is 5.91 Å². The second kappa shape index (κ2) is 6.68. The van der Waals surface area contributed by atoms with Crippen LogP contribution in [0.4, 0.5) is 5.69 Å². The molecule has 122 valence electrons. The van der Waals surface area contributed by atoms with Gasteiger partial charge in [0.1, 0.15) is 5.82 Å². The van der Waals surface area contributed by atoms with Crippen molar-refractivity contribution in [2.75, 3.05) is 5.32 Å². The zero-order valence-corrected chi connectivity index (χ0v) is 15.3. The number of benzene rings is 3. The summed E-state index contributed by atoms with van der Waals surface area (Å²) >= 11 is 2.20. The first-order valence-electron chi connectivity index (χ1n) is 7.81. The van der Waals surface area contributed by atoms with E-state index in [1.807, 2.05) is 66.7 Å². The number of carbonyl (C=O) groups excluding carboxylic acids is 1. The Morgan fingerprint density at radius 1 is 0.960 bits per heavy atom. The largest absolute Gasteiger partial charge is 0.338 e. The summed E-state index contributed by atoms with van der Waals surface area (Å²) in [5, 5.41) is 2.95. The van der Waals surface area contributed by atoms with E-state index >= 15 is 0 Å². The van der Waals surface area contributed by atoms with Crippen molar-refractivity contribution in [1.29, 1.82) is 0 Å². The molecule has 0 bridgehead atoms. The number of amides is 1. The quantitative estimate of drug-likeness (QED) is 0.437. The van der Waals surface area contributed by atoms with E-state index in [4.69, 9.17) is 0 Å². The monoisotopic (exact) mass is 439 g/mol. The van der Waals surface area contributed by atoms with Crippen LogP contribution in [-0.2, 0) is 0 Å². The normalized spacial score (nSPS) is 10.8. The molecule has 1 aromatic heterocycles. The molecule has 0 saturated heterocycles. The van der Waals surface area contributed by atoms with E-state index in [0.717, 1.165) is 31.7 Å². The number of fused-ring (bicyclic) bond motifs is 1. The summed E-state index contributed by atoms with van der Waals surface area (Å²) in [4.78, 5) is 20.3. The smallest absolute Gasteiger partial charge is 0.255 e. The van der Waals surface area contributed by atoms with Gasteiger partial charge in [-0.3, -0.25) is 4.79 Å². The van der Waals surface area contributed by atoms with Gasteiger partial charge >= 0.3 is 0 Å². The highest BCUT2D eigenvalue weighted by atomic mass is 127. The first kappa shape index (κ1) is 15.8. The standard InChI is InChI=1S/C20H14IN3O/c21-15-7-3-6-14(11-15)20(25)22-16-8-4-5-13(12-16)19-23-17-9-1-2-10-18(17)24-19/h1-12H,(H,22,25)(H,23,24). The third kappa shape index (κ3) is 3.41. The summed E-state index contributed by atoms with van der Waals surface area (Å²) in [5.41, 5.74) is 4.22. The summed E-state index contributed by atoms with van der Waals surface area (Å²) in [6, 6.07) is 23.1. The van der Waals surface area contributed by atoms with E-state index in [1.54, 1.807) is 6.07 Å². The SMILES string of the molecule is O=C(Nc1cccc(-c2nc3ccccc3[nH]2)c1)c1cccc(I)c1. The van der Waals surface area contributed by atoms with Gasteiger partial charge < -0.3 is 10.3 Å². The molecule has 0 spiro atoms. The summed E-state index contributed by atoms with van der Waals surface area (Å²) < 4.78 is 1.03. The lowest BCUT2D eigenvalue weighted by atomic mass is 10.1. The number of aromatic amines is 1. The van der Waals surface area contributed by atoms with Gasteiger partial charge in [0, 0.05) is 20.4 Å². The number of carbonyl (C=O) groups is 1. The second-order valence-corrected chi connectivity index (χ2v) is 6.89. The number of hydrogen-bond acceptors (Lipinski definition) is 2. The number of para-hydroxylation sites is 2. The molecule has 4 aromatic rings. The van der Waals surface area contributed by atoms with Crippen molar-refractivity contribution in [2.45, 2.75) is 0 Å². The molecule has 3 aromatic carbocycles. The summed E-state index contributed by atoms with van der Waals surface area (Å²) in [5.74, 6) is 0.659. The molecule has 5 heteroatoms. The lowest BCUT2D eigenvalue weighted by Gasteiger charge is -2.07. The Labute approximate surface area is 158 Å². The minimum absolute atomic E-state index is 0.125. The number of hydrogen-bond donors (Lipinski definition) is 2. The minimum Gasteiger partial charge on any atom is -0.338 e. The van der Waals surface area contributed by atoms with E-state index in [9.17, 15) is 4.79 Å². The molecule has 25 heavy (non-hydrogen) atoms. The maximum Gasteiger partial charge on any atom is 0.255 e. The molecular formula is C20H14IN3O. The van der Waals surface area contributed by atoms with Gasteiger partial charge in [-0.15, -0.1) is 0 Å². The lowest BCUT2D eigenvalue weighted by molar-refractivity contribution is 0.102. The maximum absolute atomic E-state index is 12.4. The van der Waals surface area contributed by atoms with Crippen LogP contribution in [0.5, 0.6) is 0 Å². The second-order valence-electron chi connectivity index (χ2n) is 5.65. The van der Waals surface area contributed by atoms with Crippen LogP contribution in [-0.4, -0.2) is 15.9 Å². The van der Waals surface area contributed by atoms with Crippen LogP contribution < -0.4 is 5.32 Å². The number of nitrogens with zero attached hydrogens (tertiary/aromatic N) is 1. The highest BCUT2D eigenvalue weighted by Gasteiger charge is 2.09. The molecule has 0 unspecified atom stereocenters. The van der Waals surface area contributed by atoms with Crippen molar-refractivity contribution in [3.8, 4) is 11.4 Å². The van der Waals surface area contributed by atoms with Gasteiger partial charge in [0.2, 0.25) is 0 Å². The number of nitrogens with one attached hydrogen (secondary N) is 2. The molecule has 4 nitrogen and oxygen atoms in total. The van der Waals surface area contributed by atoms with Crippen molar-refractivity contribution < 1.29 is 4.79 Å². The highest BCUT2D eigenvalue weighted by molar-refractivity contribution is 14.1. The Balaban J connectivity index is 1.62. The number of halogens is 1. The molecule has 0 aliphatic carbocycles. The Bertz CT molecular complexity index is 1040. The van der Waals surface area contributed by atoms with E-state index in [0.29, 0.717) is 5.56 Å². The molecule has 1 amide bonds. The Morgan fingerprint density at radius 3 is 2.64 bits per heavy atom. The van der Waals surface area contributed by atoms with Crippen molar-refractivity contribution in [3.63, 3.8) is 0 Å². The Kier molecular flexibility index (Phi) is 4.23. The summed E-state index contributed by atoms with van der Waals surface area (Å²) in [6.07, 6.45) is 0. The number of H-pyrrole nitrogens is 1. The highest BCUT2D eigenvalue weighted by Crippen LogP contribution is 2.23. The Morgan fingerprint density at radius 2 is 1.80 bits per heavy atom. The zero-order chi connectivity index (χ0) is 17.2. The molecule has 0 saturated carbocycles. The van der Waals surface area contributed by atoms with Gasteiger partial charge in [-0.2, -0.15) is 0 Å². The number of rotatable bonds is 3. The number of aromatic nitrogens is 2. The van der Waals surface area contributed by atoms with Crippen molar-refractivity contribution in [2.24, 2.45) is 0 Å². The molecule has 0 aliphatic heterocycles. The van der Waals surface area contributed by atoms with Gasteiger partial charge in [-0.25, -0.2) is 4.98 Å². The first-order chi connectivity index (χ1) is 12.2. The predicted octanol–water partition coefficient (Wildman–Crippen LogP) is 5.09. The molecule has 2 N–H and O–H groups in total. The predicted molar refractivity (Wildman–Crippen MR) is 109 cm³/mol. The zero-order valence-electron chi connectivity index (χ0n) is 13.2. The van der Waals surface area contributed by atoms with Crippen LogP contribution in [0, 0.1) is 3.57 Å². The molecule has 0 fully saturated rings. The fourth-order valence-electron chi connectivity index (χ4n) is 2.67. The molecule has 0 aliphatic rings. The average Bonchev–Trinajstić information content (AvgIpc) is 3.06. The molecule has 1 heterocycles. The van der Waals surface area contributed by atoms with Gasteiger partial charge in [0.05, 0.1) is 11.0 Å². The summed E-state index contributed by atoms with van der Waals surface area (Å²) in [6.45, 7) is 0. The third-order valence-electron chi connectivity index (χ3n) is 3.87. The number of anilines is 1. The van der Waals surface area contributed by atoms with Crippen LogP contribution in [0.1, 0.15) is 10.4 Å². The van der Waals surface area contributed by atoms with Crippen LogP contribution >= 0.6 is 22.6 Å². The molecule has 0 atom stereocenters. The first-order valence-corrected chi connectivity index (χ1v) is 8.89. The maximum atomic E-state index is 12.4. The van der Waals surface area contributed by atoms with Crippen LogP contribution in [0.15, 0.2) is 72.8 Å². The van der Waals surface area contributed by atoms with Gasteiger partial charge in [0.15, 0.2) is 0 Å². The molecule has 4 rings (SSSR count). The van der Waals surface area contributed by atoms with E-state index < -0.39 is 0 Å². The number of imidazole rings is 1. The minimum atomic E-state index is -0.125. The fraction of sp³-hybridized carbons (Fsp3) is 0. The summed E-state index contributed by atoms with van der Waals surface area (Å²) in [7, 11) is 0. The topological polar surface area (TPSA) is 57.8 Å². The average molecular weight is 439 g/mol. The van der Waals surface area contributed by atoms with Gasteiger partial charge in [-0.1, -0.05) is 30.3 Å². The molecule has 0 radical (unpaired) electrons. The van der Waals surface area contributed by atoms with Crippen molar-refractivity contribution >= 4 is 45.2 Å². The Hall–Kier alpha value is -2.67. The van der Waals surface area contributed by atoms with Crippen molar-refractivity contribution in [1.82, 2.24) is 9.97 Å². The molecular weight excluding hydrogens is 425 g/mol. The fourth-order valence-corrected chi connectivity index (χ4v) is 3.21. The van der Waals surface area contributed by atoms with Crippen LogP contribution in [0.25, 0.3) is 22.4 Å². The van der Waals surface area contributed by atoms with Crippen LogP contribution in [0.3, 0.4) is 0 Å². The van der Waals surface area contributed by atoms with Gasteiger partial charge in [0.25, 0.3) is 5.91 Å². The third-order valence-corrected chi connectivity index (χ3v) is 4.54. The van der Waals surface area contributed by atoms with Gasteiger partial charge in [-0.05, 0) is 65.1 Å². The van der Waals surface area contributed by atoms with E-state index in [1.165, 1.54) is 0 Å². The van der Waals surface area contributed by atoms with Crippen LogP contribution in [0.2, 0.25) is 0 Å². The van der Waals surface area contributed by atoms with E-state index in [2.05, 4.69) is 37.9 Å².